The number of carbonyl (C=O) groups is 3. The van der Waals surface area contributed by atoms with E-state index >= 15 is 0 Å². The van der Waals surface area contributed by atoms with Crippen LogP contribution in [0.3, 0.4) is 0 Å². The van der Waals surface area contributed by atoms with Gasteiger partial charge in [0, 0.05) is 7.05 Å². The SMILES string of the molecule is CCC(CC1CCCCC1)C1(C)C(=O)N(CC(=O)C2NCCC2C2CCCCCCC2)C(=O)N1C. The Balaban J connectivity index is 1.44. The molecule has 198 valence electrons. The van der Waals surface area contributed by atoms with Gasteiger partial charge in [-0.2, -0.15) is 0 Å². The average Bonchev–Trinajstić information content (AvgIpc) is 3.39. The Morgan fingerprint density at radius 2 is 1.57 bits per heavy atom. The van der Waals surface area contributed by atoms with Gasteiger partial charge in [-0.25, -0.2) is 4.79 Å². The summed E-state index contributed by atoms with van der Waals surface area (Å²) in [4.78, 5) is 43.6. The monoisotopic (exact) mass is 487 g/mol. The summed E-state index contributed by atoms with van der Waals surface area (Å²) >= 11 is 0. The number of ketones is 1. The smallest absolute Gasteiger partial charge is 0.313 e. The first-order chi connectivity index (χ1) is 16.9. The molecule has 4 unspecified atom stereocenters. The number of nitrogens with zero attached hydrogens (tertiary/aromatic N) is 2. The van der Waals surface area contributed by atoms with Crippen LogP contribution >= 0.6 is 0 Å². The lowest BCUT2D eigenvalue weighted by molar-refractivity contribution is -0.138. The predicted molar refractivity (Wildman–Crippen MR) is 139 cm³/mol. The number of urea groups is 1. The van der Waals surface area contributed by atoms with Crippen LogP contribution < -0.4 is 5.32 Å². The molecule has 0 bridgehead atoms. The molecule has 3 amide bonds. The van der Waals surface area contributed by atoms with Crippen LogP contribution in [0.2, 0.25) is 0 Å². The van der Waals surface area contributed by atoms with Crippen LogP contribution in [0.1, 0.15) is 110 Å². The zero-order valence-corrected chi connectivity index (χ0v) is 22.5. The van der Waals surface area contributed by atoms with E-state index in [-0.39, 0.29) is 36.2 Å². The molecule has 0 spiro atoms. The van der Waals surface area contributed by atoms with Crippen molar-refractivity contribution in [1.29, 1.82) is 0 Å². The topological polar surface area (TPSA) is 69.7 Å². The number of imide groups is 1. The summed E-state index contributed by atoms with van der Waals surface area (Å²) in [5.74, 6) is 1.55. The molecule has 2 saturated heterocycles. The highest BCUT2D eigenvalue weighted by atomic mass is 16.2. The number of hydrogen-bond donors (Lipinski definition) is 1. The summed E-state index contributed by atoms with van der Waals surface area (Å²) in [7, 11) is 1.76. The lowest BCUT2D eigenvalue weighted by Crippen LogP contribution is -2.52. The normalized spacial score (nSPS) is 32.7. The van der Waals surface area contributed by atoms with Gasteiger partial charge < -0.3 is 10.2 Å². The van der Waals surface area contributed by atoms with Crippen molar-refractivity contribution in [2.24, 2.45) is 23.7 Å². The summed E-state index contributed by atoms with van der Waals surface area (Å²) < 4.78 is 0. The van der Waals surface area contributed by atoms with E-state index in [2.05, 4.69) is 12.2 Å². The largest absolute Gasteiger partial charge is 0.327 e. The number of hydrogen-bond acceptors (Lipinski definition) is 4. The first-order valence-corrected chi connectivity index (χ1v) is 14.7. The highest BCUT2D eigenvalue weighted by molar-refractivity contribution is 6.09. The molecule has 2 heterocycles. The maximum Gasteiger partial charge on any atom is 0.327 e. The van der Waals surface area contributed by atoms with Crippen molar-refractivity contribution >= 4 is 17.7 Å². The first-order valence-electron chi connectivity index (χ1n) is 14.7. The molecular formula is C29H49N3O3. The molecule has 4 fully saturated rings. The van der Waals surface area contributed by atoms with Gasteiger partial charge in [0.25, 0.3) is 5.91 Å². The third-order valence-electron chi connectivity index (χ3n) is 10.2. The van der Waals surface area contributed by atoms with Crippen molar-refractivity contribution < 1.29 is 14.4 Å². The Bertz CT molecular complexity index is 756. The molecule has 0 aromatic rings. The van der Waals surface area contributed by atoms with Crippen molar-refractivity contribution in [3.63, 3.8) is 0 Å². The van der Waals surface area contributed by atoms with E-state index in [0.717, 1.165) is 25.8 Å². The number of Topliss-reactive ketones (excluding diaryl/α,β-unsaturated/α-hetero) is 1. The molecule has 35 heavy (non-hydrogen) atoms. The lowest BCUT2D eigenvalue weighted by Gasteiger charge is -2.38. The molecular weight excluding hydrogens is 438 g/mol. The second kappa shape index (κ2) is 11.7. The fourth-order valence-electron chi connectivity index (χ4n) is 7.84. The van der Waals surface area contributed by atoms with E-state index in [1.807, 2.05) is 6.92 Å². The van der Waals surface area contributed by atoms with E-state index in [4.69, 9.17) is 0 Å². The summed E-state index contributed by atoms with van der Waals surface area (Å²) in [5, 5.41) is 3.45. The minimum absolute atomic E-state index is 0.0224. The van der Waals surface area contributed by atoms with Gasteiger partial charge in [-0.15, -0.1) is 0 Å². The van der Waals surface area contributed by atoms with Gasteiger partial charge in [0.05, 0.1) is 12.6 Å². The number of nitrogens with one attached hydrogen (secondary N) is 1. The van der Waals surface area contributed by atoms with Crippen LogP contribution in [0.4, 0.5) is 4.79 Å². The Hall–Kier alpha value is -1.43. The number of likely N-dealkylation sites (N-methyl/N-ethyl adjacent to an activating group) is 1. The van der Waals surface area contributed by atoms with E-state index in [1.165, 1.54) is 81.9 Å². The molecule has 2 saturated carbocycles. The highest BCUT2D eigenvalue weighted by Crippen LogP contribution is 2.41. The quantitative estimate of drug-likeness (QED) is 0.456. The standard InChI is InChI=1S/C29H49N3O3/c1-4-23(19-21-13-9-8-10-14-21)29(2)27(34)32(28(35)31(29)3)20-25(33)26-24(17-18-30-26)22-15-11-6-5-7-12-16-22/h21-24,26,30H,4-20H2,1-3H3. The van der Waals surface area contributed by atoms with Crippen LogP contribution in [0.5, 0.6) is 0 Å². The summed E-state index contributed by atoms with van der Waals surface area (Å²) in [5.41, 5.74) is -0.856. The maximum absolute atomic E-state index is 13.8. The second-order valence-electron chi connectivity index (χ2n) is 12.2. The van der Waals surface area contributed by atoms with Gasteiger partial charge in [0.15, 0.2) is 5.78 Å². The molecule has 6 heteroatoms. The molecule has 4 aliphatic rings. The van der Waals surface area contributed by atoms with Crippen molar-refractivity contribution in [3.05, 3.63) is 0 Å². The van der Waals surface area contributed by atoms with E-state index < -0.39 is 5.54 Å². The number of rotatable bonds is 8. The van der Waals surface area contributed by atoms with Crippen LogP contribution in [-0.4, -0.2) is 59.2 Å². The number of amides is 3. The zero-order valence-electron chi connectivity index (χ0n) is 22.5. The molecule has 1 N–H and O–H groups in total. The second-order valence-corrected chi connectivity index (χ2v) is 12.2. The molecule has 0 aromatic carbocycles. The first kappa shape index (κ1) is 26.6. The molecule has 4 rings (SSSR count). The summed E-state index contributed by atoms with van der Waals surface area (Å²) in [6, 6.07) is -0.519. The van der Waals surface area contributed by atoms with E-state index in [1.54, 1.807) is 11.9 Å². The number of carbonyl (C=O) groups excluding carboxylic acids is 3. The molecule has 2 aliphatic carbocycles. The van der Waals surface area contributed by atoms with Gasteiger partial charge in [0.1, 0.15) is 5.54 Å². The summed E-state index contributed by atoms with van der Waals surface area (Å²) in [6.45, 7) is 4.86. The maximum atomic E-state index is 13.8. The molecule has 4 atom stereocenters. The third-order valence-corrected chi connectivity index (χ3v) is 10.2. The fourth-order valence-corrected chi connectivity index (χ4v) is 7.84. The van der Waals surface area contributed by atoms with Gasteiger partial charge >= 0.3 is 6.03 Å². The van der Waals surface area contributed by atoms with Crippen molar-refractivity contribution in [3.8, 4) is 0 Å². The van der Waals surface area contributed by atoms with Crippen LogP contribution in [0.15, 0.2) is 0 Å². The van der Waals surface area contributed by atoms with Gasteiger partial charge in [-0.3, -0.25) is 14.5 Å². The van der Waals surface area contributed by atoms with Crippen molar-refractivity contribution in [2.75, 3.05) is 20.1 Å². The molecule has 0 aromatic heterocycles. The van der Waals surface area contributed by atoms with Crippen molar-refractivity contribution in [1.82, 2.24) is 15.1 Å². The Kier molecular flexibility index (Phi) is 8.94. The van der Waals surface area contributed by atoms with Crippen LogP contribution in [0, 0.1) is 23.7 Å². The van der Waals surface area contributed by atoms with Crippen LogP contribution in [-0.2, 0) is 9.59 Å². The molecule has 0 radical (unpaired) electrons. The fraction of sp³-hybridized carbons (Fsp3) is 0.897. The van der Waals surface area contributed by atoms with Crippen molar-refractivity contribution in [2.45, 2.75) is 122 Å². The van der Waals surface area contributed by atoms with Gasteiger partial charge in [0.2, 0.25) is 0 Å². The Morgan fingerprint density at radius 1 is 0.971 bits per heavy atom. The predicted octanol–water partition coefficient (Wildman–Crippen LogP) is 5.54. The molecule has 6 nitrogen and oxygen atoms in total. The molecule has 2 aliphatic heterocycles. The minimum atomic E-state index is -0.856. The highest BCUT2D eigenvalue weighted by Gasteiger charge is 2.57. The average molecular weight is 488 g/mol. The Labute approximate surface area is 212 Å². The third kappa shape index (κ3) is 5.47. The summed E-state index contributed by atoms with van der Waals surface area (Å²) in [6.07, 6.45) is 18.1. The lowest BCUT2D eigenvalue weighted by atomic mass is 9.73. The van der Waals surface area contributed by atoms with Gasteiger partial charge in [-0.1, -0.05) is 90.4 Å². The van der Waals surface area contributed by atoms with E-state index in [9.17, 15) is 14.4 Å². The van der Waals surface area contributed by atoms with Gasteiger partial charge in [-0.05, 0) is 50.0 Å². The minimum Gasteiger partial charge on any atom is -0.313 e. The van der Waals surface area contributed by atoms with E-state index in [0.29, 0.717) is 17.8 Å². The Morgan fingerprint density at radius 3 is 2.23 bits per heavy atom. The zero-order chi connectivity index (χ0) is 25.0. The van der Waals surface area contributed by atoms with Crippen LogP contribution in [0.25, 0.3) is 0 Å².